The van der Waals surface area contributed by atoms with Crippen LogP contribution < -0.4 is 11.1 Å². The average Bonchev–Trinajstić information content (AvgIpc) is 3.44. The van der Waals surface area contributed by atoms with Crippen molar-refractivity contribution >= 4 is 29.3 Å². The number of hydrogen-bond acceptors (Lipinski definition) is 6. The molecule has 1 aliphatic carbocycles. The summed E-state index contributed by atoms with van der Waals surface area (Å²) in [5.41, 5.74) is 7.47. The molecule has 2 aromatic rings. The predicted octanol–water partition coefficient (Wildman–Crippen LogP) is 2.51. The highest BCUT2D eigenvalue weighted by Crippen LogP contribution is 2.40. The lowest BCUT2D eigenvalue weighted by Gasteiger charge is -2.11. The maximum absolute atomic E-state index is 11.8. The zero-order valence-electron chi connectivity index (χ0n) is 13.6. The zero-order valence-corrected chi connectivity index (χ0v) is 14.3. The highest BCUT2D eigenvalue weighted by atomic mass is 35.5. The van der Waals surface area contributed by atoms with Gasteiger partial charge < -0.3 is 15.8 Å². The topological polar surface area (TPSA) is 107 Å². The van der Waals surface area contributed by atoms with Gasteiger partial charge in [0.1, 0.15) is 5.82 Å². The second kappa shape index (κ2) is 7.06. The third-order valence-corrected chi connectivity index (χ3v) is 4.20. The van der Waals surface area contributed by atoms with E-state index in [2.05, 4.69) is 15.3 Å². The number of hydrogen-bond donors (Lipinski definition) is 2. The van der Waals surface area contributed by atoms with Gasteiger partial charge in [-0.2, -0.15) is 0 Å². The number of aromatic nitrogens is 2. The van der Waals surface area contributed by atoms with Crippen LogP contribution in [0.3, 0.4) is 0 Å². The van der Waals surface area contributed by atoms with Crippen molar-refractivity contribution in [3.05, 3.63) is 51.9 Å². The summed E-state index contributed by atoms with van der Waals surface area (Å²) in [6, 6.07) is 4.95. The fourth-order valence-electron chi connectivity index (χ4n) is 2.44. The number of ether oxygens (including phenoxy) is 1. The molecule has 8 heteroatoms. The number of nitrogens with two attached hydrogens (primary N) is 1. The SMILES string of the molecule is COC(=O)c1ccc(CNc2ncc(C(N)=O)cc2Cl)nc1C1CC1. The van der Waals surface area contributed by atoms with Gasteiger partial charge in [-0.15, -0.1) is 0 Å². The van der Waals surface area contributed by atoms with Crippen molar-refractivity contribution in [1.29, 1.82) is 0 Å². The molecule has 0 aliphatic heterocycles. The van der Waals surface area contributed by atoms with Crippen LogP contribution in [0.25, 0.3) is 0 Å². The Bertz CT molecular complexity index is 837. The predicted molar refractivity (Wildman–Crippen MR) is 92.6 cm³/mol. The first-order valence-electron chi connectivity index (χ1n) is 7.77. The van der Waals surface area contributed by atoms with Gasteiger partial charge in [-0.25, -0.2) is 9.78 Å². The molecule has 0 saturated heterocycles. The molecule has 2 aromatic heterocycles. The van der Waals surface area contributed by atoms with Crippen molar-refractivity contribution in [1.82, 2.24) is 9.97 Å². The molecule has 0 atom stereocenters. The molecule has 7 nitrogen and oxygen atoms in total. The van der Waals surface area contributed by atoms with Gasteiger partial charge in [-0.3, -0.25) is 9.78 Å². The van der Waals surface area contributed by atoms with Crippen LogP contribution >= 0.6 is 11.6 Å². The Morgan fingerprint density at radius 1 is 1.40 bits per heavy atom. The van der Waals surface area contributed by atoms with Crippen LogP contribution in [-0.2, 0) is 11.3 Å². The van der Waals surface area contributed by atoms with Crippen LogP contribution in [0.15, 0.2) is 24.4 Å². The van der Waals surface area contributed by atoms with Gasteiger partial charge in [0, 0.05) is 12.1 Å². The van der Waals surface area contributed by atoms with E-state index in [-0.39, 0.29) is 11.5 Å². The zero-order chi connectivity index (χ0) is 18.0. The number of esters is 1. The minimum Gasteiger partial charge on any atom is -0.465 e. The van der Waals surface area contributed by atoms with Crippen LogP contribution in [0.4, 0.5) is 5.82 Å². The second-order valence-corrected chi connectivity index (χ2v) is 6.18. The van der Waals surface area contributed by atoms with Gasteiger partial charge in [-0.05, 0) is 31.0 Å². The van der Waals surface area contributed by atoms with E-state index in [1.807, 2.05) is 0 Å². The summed E-state index contributed by atoms with van der Waals surface area (Å²) in [6.07, 6.45) is 3.41. The maximum atomic E-state index is 11.8. The van der Waals surface area contributed by atoms with E-state index >= 15 is 0 Å². The van der Waals surface area contributed by atoms with Gasteiger partial charge >= 0.3 is 5.97 Å². The third-order valence-electron chi connectivity index (χ3n) is 3.91. The van der Waals surface area contributed by atoms with E-state index in [1.165, 1.54) is 19.4 Å². The van der Waals surface area contributed by atoms with Crippen molar-refractivity contribution in [3.8, 4) is 0 Å². The summed E-state index contributed by atoms with van der Waals surface area (Å²) < 4.78 is 4.81. The van der Waals surface area contributed by atoms with Crippen molar-refractivity contribution in [2.45, 2.75) is 25.3 Å². The Morgan fingerprint density at radius 3 is 2.76 bits per heavy atom. The molecule has 130 valence electrons. The van der Waals surface area contributed by atoms with Crippen molar-refractivity contribution in [2.75, 3.05) is 12.4 Å². The maximum Gasteiger partial charge on any atom is 0.339 e. The summed E-state index contributed by atoms with van der Waals surface area (Å²) in [7, 11) is 1.36. The molecule has 0 radical (unpaired) electrons. The Hall–Kier alpha value is -2.67. The first-order valence-corrected chi connectivity index (χ1v) is 8.14. The second-order valence-electron chi connectivity index (χ2n) is 5.77. The van der Waals surface area contributed by atoms with Gasteiger partial charge in [0.15, 0.2) is 0 Å². The number of amides is 1. The van der Waals surface area contributed by atoms with Crippen molar-refractivity contribution in [2.24, 2.45) is 5.73 Å². The number of primary amides is 1. The quantitative estimate of drug-likeness (QED) is 0.766. The number of nitrogens with one attached hydrogen (secondary N) is 1. The van der Waals surface area contributed by atoms with E-state index in [0.29, 0.717) is 28.9 Å². The number of rotatable bonds is 6. The molecule has 1 saturated carbocycles. The smallest absolute Gasteiger partial charge is 0.339 e. The molecule has 3 rings (SSSR count). The molecule has 0 bridgehead atoms. The molecule has 25 heavy (non-hydrogen) atoms. The number of halogens is 1. The largest absolute Gasteiger partial charge is 0.465 e. The number of carbonyl (C=O) groups excluding carboxylic acids is 2. The highest BCUT2D eigenvalue weighted by Gasteiger charge is 2.30. The molecule has 0 unspecified atom stereocenters. The van der Waals surface area contributed by atoms with Crippen LogP contribution in [0.1, 0.15) is 50.9 Å². The first kappa shape index (κ1) is 17.2. The van der Waals surface area contributed by atoms with Crippen molar-refractivity contribution < 1.29 is 14.3 Å². The molecule has 0 aromatic carbocycles. The molecule has 3 N–H and O–H groups in total. The van der Waals surface area contributed by atoms with Gasteiger partial charge in [0.25, 0.3) is 0 Å². The Balaban J connectivity index is 1.76. The fourth-order valence-corrected chi connectivity index (χ4v) is 2.68. The molecule has 2 heterocycles. The number of carbonyl (C=O) groups is 2. The highest BCUT2D eigenvalue weighted by molar-refractivity contribution is 6.33. The summed E-state index contributed by atoms with van der Waals surface area (Å²) in [6.45, 7) is 0.379. The van der Waals surface area contributed by atoms with Crippen LogP contribution in [0.5, 0.6) is 0 Å². The molecule has 1 amide bonds. The minimum atomic E-state index is -0.588. The van der Waals surface area contributed by atoms with E-state index in [0.717, 1.165) is 24.2 Å². The van der Waals surface area contributed by atoms with E-state index in [9.17, 15) is 9.59 Å². The number of methoxy groups -OCH3 is 1. The van der Waals surface area contributed by atoms with Crippen molar-refractivity contribution in [3.63, 3.8) is 0 Å². The third kappa shape index (κ3) is 3.88. The fraction of sp³-hybridized carbons (Fsp3) is 0.294. The number of anilines is 1. The Kier molecular flexibility index (Phi) is 4.85. The molecule has 0 spiro atoms. The molecule has 1 fully saturated rings. The van der Waals surface area contributed by atoms with Gasteiger partial charge in [-0.1, -0.05) is 11.6 Å². The Labute approximate surface area is 149 Å². The first-order chi connectivity index (χ1) is 12.0. The molecular weight excluding hydrogens is 344 g/mol. The van der Waals surface area contributed by atoms with E-state index in [4.69, 9.17) is 22.1 Å². The van der Waals surface area contributed by atoms with Gasteiger partial charge in [0.2, 0.25) is 5.91 Å². The lowest BCUT2D eigenvalue weighted by atomic mass is 10.1. The molecular formula is C17H17ClN4O3. The average molecular weight is 361 g/mol. The lowest BCUT2D eigenvalue weighted by Crippen LogP contribution is -2.13. The Morgan fingerprint density at radius 2 is 2.16 bits per heavy atom. The normalized spacial score (nSPS) is 13.4. The van der Waals surface area contributed by atoms with E-state index < -0.39 is 5.91 Å². The minimum absolute atomic E-state index is 0.243. The molecule has 1 aliphatic rings. The van der Waals surface area contributed by atoms with Crippen LogP contribution in [0.2, 0.25) is 5.02 Å². The van der Waals surface area contributed by atoms with Crippen LogP contribution in [0, 0.1) is 0 Å². The number of pyridine rings is 2. The lowest BCUT2D eigenvalue weighted by molar-refractivity contribution is 0.0598. The summed E-state index contributed by atoms with van der Waals surface area (Å²) in [5, 5.41) is 3.37. The summed E-state index contributed by atoms with van der Waals surface area (Å²) >= 11 is 6.10. The summed E-state index contributed by atoms with van der Waals surface area (Å²) in [4.78, 5) is 31.6. The van der Waals surface area contributed by atoms with Gasteiger partial charge in [0.05, 0.1) is 41.2 Å². The van der Waals surface area contributed by atoms with E-state index in [1.54, 1.807) is 12.1 Å². The monoisotopic (exact) mass is 360 g/mol. The van der Waals surface area contributed by atoms with Crippen LogP contribution in [-0.4, -0.2) is 29.0 Å². The standard InChI is InChI=1S/C17H17ClN4O3/c1-25-17(24)12-5-4-11(22-14(12)9-2-3-9)8-21-16-13(18)6-10(7-20-16)15(19)23/h4-7,9H,2-3,8H2,1H3,(H2,19,23)(H,20,21). The number of nitrogens with zero attached hydrogens (tertiary/aromatic N) is 2. The summed E-state index contributed by atoms with van der Waals surface area (Å²) in [5.74, 6) is -0.222.